The molecule has 3 aliphatic heterocycles. The zero-order chi connectivity index (χ0) is 36.9. The largest absolute Gasteiger partial charge is 0.455 e. The molecule has 2 aromatic rings. The summed E-state index contributed by atoms with van der Waals surface area (Å²) >= 11 is 0. The number of benzene rings is 2. The maximum absolute atomic E-state index is 14.8. The first-order valence-corrected chi connectivity index (χ1v) is 18.1. The number of rotatable bonds is 17. The first-order chi connectivity index (χ1) is 24.6. The molecule has 5 rings (SSSR count). The van der Waals surface area contributed by atoms with Gasteiger partial charge in [-0.3, -0.25) is 19.2 Å². The van der Waals surface area contributed by atoms with Crippen LogP contribution in [0.2, 0.25) is 0 Å². The zero-order valence-electron chi connectivity index (χ0n) is 30.2. The third-order valence-electron chi connectivity index (χ3n) is 10.6. The average Bonchev–Trinajstić information content (AvgIpc) is 3.79. The van der Waals surface area contributed by atoms with Crippen LogP contribution in [0, 0.1) is 11.8 Å². The number of carbonyl (C=O) groups is 4. The number of fused-ring (bicyclic) bond motifs is 1. The van der Waals surface area contributed by atoms with Crippen molar-refractivity contribution in [2.24, 2.45) is 11.8 Å². The van der Waals surface area contributed by atoms with Crippen molar-refractivity contribution in [3.63, 3.8) is 0 Å². The quantitative estimate of drug-likeness (QED) is 0.182. The minimum absolute atomic E-state index is 0.181. The fourth-order valence-electron chi connectivity index (χ4n) is 8.17. The summed E-state index contributed by atoms with van der Waals surface area (Å²) in [6.45, 7) is 16.7. The van der Waals surface area contributed by atoms with Crippen LogP contribution in [0.15, 0.2) is 79.9 Å². The molecule has 2 N–H and O–H groups in total. The van der Waals surface area contributed by atoms with Crippen molar-refractivity contribution < 1.29 is 33.8 Å². The molecule has 274 valence electrons. The van der Waals surface area contributed by atoms with Gasteiger partial charge in [0.1, 0.15) is 17.7 Å². The average molecular weight is 701 g/mol. The summed E-state index contributed by atoms with van der Waals surface area (Å²) in [5, 5.41) is 13.3. The Morgan fingerprint density at radius 1 is 1.06 bits per heavy atom. The van der Waals surface area contributed by atoms with Gasteiger partial charge in [-0.2, -0.15) is 0 Å². The third kappa shape index (κ3) is 7.19. The summed E-state index contributed by atoms with van der Waals surface area (Å²) < 4.78 is 12.9. The minimum Gasteiger partial charge on any atom is -0.455 e. The molecule has 51 heavy (non-hydrogen) atoms. The lowest BCUT2D eigenvalue weighted by molar-refractivity contribution is -0.162. The highest BCUT2D eigenvalue weighted by Gasteiger charge is 2.75. The molecule has 1 spiro atoms. The smallest absolute Gasteiger partial charge is 0.313 e. The van der Waals surface area contributed by atoms with Crippen molar-refractivity contribution >= 4 is 35.1 Å². The Bertz CT molecular complexity index is 1580. The highest BCUT2D eigenvalue weighted by atomic mass is 16.6. The molecule has 3 amide bonds. The van der Waals surface area contributed by atoms with Crippen LogP contribution in [0.1, 0.15) is 65.0 Å². The lowest BCUT2D eigenvalue weighted by Crippen LogP contribution is -2.58. The van der Waals surface area contributed by atoms with Crippen molar-refractivity contribution in [1.82, 2.24) is 10.2 Å². The van der Waals surface area contributed by atoms with Crippen molar-refractivity contribution in [2.45, 2.75) is 89.3 Å². The number of hydrogen-bond acceptors (Lipinski definition) is 8. The predicted octanol–water partition coefficient (Wildman–Crippen LogP) is 4.56. The maximum atomic E-state index is 14.8. The second-order valence-electron chi connectivity index (χ2n) is 13.7. The summed E-state index contributed by atoms with van der Waals surface area (Å²) in [5.41, 5.74) is 1.06. The van der Waals surface area contributed by atoms with E-state index in [2.05, 4.69) is 37.2 Å². The Labute approximate surface area is 301 Å². The van der Waals surface area contributed by atoms with E-state index in [1.54, 1.807) is 30.9 Å². The van der Waals surface area contributed by atoms with E-state index in [9.17, 15) is 24.3 Å². The molecular formula is C40H52N4O7. The minimum atomic E-state index is -1.29. The number of ether oxygens (including phenoxy) is 2. The van der Waals surface area contributed by atoms with Crippen LogP contribution in [0.3, 0.4) is 0 Å². The number of nitrogens with one attached hydrogen (secondary N) is 1. The van der Waals surface area contributed by atoms with E-state index in [0.717, 1.165) is 18.8 Å². The monoisotopic (exact) mass is 700 g/mol. The van der Waals surface area contributed by atoms with Crippen LogP contribution in [-0.2, 0) is 28.7 Å². The van der Waals surface area contributed by atoms with Gasteiger partial charge in [0, 0.05) is 37.4 Å². The summed E-state index contributed by atoms with van der Waals surface area (Å²) in [4.78, 5) is 61.5. The molecule has 0 aliphatic carbocycles. The SMILES string of the molecule is C=CCCC(=O)N[C@@H](C)[C@H](OC(=O)[C@@H]1[C@H]2C(=O)N([C@H](C)CO)[C@H](C(=O)N(CC=C)c3ccc(N(CC)CC)cc3)[C@]23CC[C@H]1O3)c1ccccc1. The Morgan fingerprint density at radius 3 is 2.33 bits per heavy atom. The van der Waals surface area contributed by atoms with Gasteiger partial charge in [0.2, 0.25) is 11.8 Å². The van der Waals surface area contributed by atoms with E-state index in [-0.39, 0.29) is 31.4 Å². The van der Waals surface area contributed by atoms with Crippen LogP contribution in [0.5, 0.6) is 0 Å². The van der Waals surface area contributed by atoms with Crippen molar-refractivity contribution in [3.05, 3.63) is 85.5 Å². The van der Waals surface area contributed by atoms with Gasteiger partial charge in [-0.15, -0.1) is 13.2 Å². The van der Waals surface area contributed by atoms with E-state index in [1.165, 1.54) is 4.90 Å². The van der Waals surface area contributed by atoms with E-state index >= 15 is 0 Å². The van der Waals surface area contributed by atoms with E-state index < -0.39 is 59.6 Å². The number of aliphatic hydroxyl groups is 1. The standard InChI is InChI=1S/C40H52N4O7/c1-7-11-17-32(46)41-27(6)35(28-15-13-12-14-16-28)50-39(49)33-31-22-23-40(51-31)34(33)37(47)44(26(5)25-45)36(40)38(48)43(24-8-2)30-20-18-29(19-21-30)42(9-3)10-4/h7-8,12-16,18-21,26-27,31,33-36,45H,1-2,9-11,17,22-25H2,3-6H3,(H,41,46)/t26-,27+,31-,33+,34+,35+,36-,40+/m1/s1. The van der Waals surface area contributed by atoms with Crippen molar-refractivity contribution in [3.8, 4) is 0 Å². The molecule has 2 aromatic carbocycles. The van der Waals surface area contributed by atoms with Crippen LogP contribution in [0.25, 0.3) is 0 Å². The number of esters is 1. The lowest BCUT2D eigenvalue weighted by atomic mass is 9.70. The Morgan fingerprint density at radius 2 is 1.73 bits per heavy atom. The number of nitrogens with zero attached hydrogens (tertiary/aromatic N) is 3. The number of likely N-dealkylation sites (tertiary alicyclic amines) is 1. The van der Waals surface area contributed by atoms with Gasteiger partial charge in [0.15, 0.2) is 0 Å². The lowest BCUT2D eigenvalue weighted by Gasteiger charge is -2.38. The van der Waals surface area contributed by atoms with Gasteiger partial charge in [0.05, 0.1) is 36.6 Å². The van der Waals surface area contributed by atoms with E-state index in [0.29, 0.717) is 30.5 Å². The topological polar surface area (TPSA) is 129 Å². The zero-order valence-corrected chi connectivity index (χ0v) is 30.2. The maximum Gasteiger partial charge on any atom is 0.313 e. The molecular weight excluding hydrogens is 648 g/mol. The molecule has 3 heterocycles. The van der Waals surface area contributed by atoms with Gasteiger partial charge in [0.25, 0.3) is 5.91 Å². The number of anilines is 2. The first-order valence-electron chi connectivity index (χ1n) is 18.1. The Hall–Kier alpha value is -4.48. The van der Waals surface area contributed by atoms with Crippen molar-refractivity contribution in [1.29, 1.82) is 0 Å². The fraction of sp³-hybridized carbons (Fsp3) is 0.500. The summed E-state index contributed by atoms with van der Waals surface area (Å²) in [6, 6.07) is 14.5. The Kier molecular flexibility index (Phi) is 12.0. The fourth-order valence-corrected chi connectivity index (χ4v) is 8.17. The molecule has 0 saturated carbocycles. The van der Waals surface area contributed by atoms with Crippen LogP contribution < -0.4 is 15.1 Å². The van der Waals surface area contributed by atoms with Crippen molar-refractivity contribution in [2.75, 3.05) is 36.0 Å². The third-order valence-corrected chi connectivity index (χ3v) is 10.6. The molecule has 2 bridgehead atoms. The molecule has 11 nitrogen and oxygen atoms in total. The molecule has 3 aliphatic rings. The predicted molar refractivity (Wildman–Crippen MR) is 196 cm³/mol. The molecule has 8 atom stereocenters. The van der Waals surface area contributed by atoms with Gasteiger partial charge in [-0.1, -0.05) is 42.5 Å². The summed E-state index contributed by atoms with van der Waals surface area (Å²) in [5.74, 6) is -3.58. The van der Waals surface area contributed by atoms with E-state index in [4.69, 9.17) is 9.47 Å². The first kappa shape index (κ1) is 37.8. The van der Waals surface area contributed by atoms with Gasteiger partial charge in [-0.05, 0) is 76.8 Å². The number of allylic oxidation sites excluding steroid dienone is 1. The summed E-state index contributed by atoms with van der Waals surface area (Å²) in [7, 11) is 0. The van der Waals surface area contributed by atoms with Crippen LogP contribution in [-0.4, -0.2) is 89.8 Å². The molecule has 3 saturated heterocycles. The number of hydrogen-bond donors (Lipinski definition) is 2. The molecule has 3 fully saturated rings. The second-order valence-corrected chi connectivity index (χ2v) is 13.7. The van der Waals surface area contributed by atoms with E-state index in [1.807, 2.05) is 54.6 Å². The number of aliphatic hydroxyl groups excluding tert-OH is 1. The Balaban J connectivity index is 1.47. The summed E-state index contributed by atoms with van der Waals surface area (Å²) in [6.07, 6.45) is 3.43. The van der Waals surface area contributed by atoms with Crippen LogP contribution >= 0.6 is 0 Å². The van der Waals surface area contributed by atoms with Gasteiger partial charge < -0.3 is 34.6 Å². The number of amides is 3. The molecule has 11 heteroatoms. The van der Waals surface area contributed by atoms with Gasteiger partial charge >= 0.3 is 5.97 Å². The molecule has 0 aromatic heterocycles. The number of carbonyl (C=O) groups excluding carboxylic acids is 4. The van der Waals surface area contributed by atoms with Gasteiger partial charge in [-0.25, -0.2) is 0 Å². The van der Waals surface area contributed by atoms with Crippen LogP contribution in [0.4, 0.5) is 11.4 Å². The highest BCUT2D eigenvalue weighted by Crippen LogP contribution is 2.59. The second kappa shape index (κ2) is 16.2. The normalized spacial score (nSPS) is 25.0. The molecule has 0 radical (unpaired) electrons. The highest BCUT2D eigenvalue weighted by molar-refractivity contribution is 6.05. The molecule has 0 unspecified atom stereocenters.